The number of hydrogen-bond donors (Lipinski definition) is 1. The van der Waals surface area contributed by atoms with Crippen molar-refractivity contribution in [3.8, 4) is 0 Å². The van der Waals surface area contributed by atoms with Gasteiger partial charge in [-0.05, 0) is 38.8 Å². The van der Waals surface area contributed by atoms with Crippen molar-refractivity contribution >= 4 is 34.7 Å². The molecular formula is C15H18N2OS2. The molecule has 0 bridgehead atoms. The molecule has 20 heavy (non-hydrogen) atoms. The quantitative estimate of drug-likeness (QED) is 0.864. The minimum atomic E-state index is 0.0120. The molecule has 0 aliphatic heterocycles. The highest BCUT2D eigenvalue weighted by Crippen LogP contribution is 2.24. The van der Waals surface area contributed by atoms with Crippen LogP contribution in [0.1, 0.15) is 22.4 Å². The Morgan fingerprint density at radius 3 is 2.45 bits per heavy atom. The summed E-state index contributed by atoms with van der Waals surface area (Å²) in [6.45, 7) is 8.06. The van der Waals surface area contributed by atoms with Crippen molar-refractivity contribution in [2.45, 2.75) is 32.0 Å². The number of thioether (sulfide) groups is 1. The second kappa shape index (κ2) is 6.41. The highest BCUT2D eigenvalue weighted by Gasteiger charge is 2.09. The fourth-order valence-corrected chi connectivity index (χ4v) is 3.73. The van der Waals surface area contributed by atoms with E-state index in [1.165, 1.54) is 17.3 Å². The number of rotatable bonds is 4. The summed E-state index contributed by atoms with van der Waals surface area (Å²) in [5.41, 5.74) is 5.35. The normalized spacial score (nSPS) is 10.6. The largest absolute Gasteiger partial charge is 0.325 e. The van der Waals surface area contributed by atoms with Gasteiger partial charge in [0.2, 0.25) is 5.91 Å². The SMILES string of the molecule is Cc1cc(C)c(NC(=O)CSc2nc(C)cs2)c(C)c1. The summed E-state index contributed by atoms with van der Waals surface area (Å²) in [5.74, 6) is 0.401. The number of amides is 1. The third kappa shape index (κ3) is 3.84. The monoisotopic (exact) mass is 306 g/mol. The molecule has 0 atom stereocenters. The zero-order valence-corrected chi connectivity index (χ0v) is 13.7. The van der Waals surface area contributed by atoms with Crippen LogP contribution in [0.25, 0.3) is 0 Å². The molecule has 1 heterocycles. The van der Waals surface area contributed by atoms with Crippen molar-refractivity contribution in [1.29, 1.82) is 0 Å². The number of hydrogen-bond acceptors (Lipinski definition) is 4. The highest BCUT2D eigenvalue weighted by atomic mass is 32.2. The summed E-state index contributed by atoms with van der Waals surface area (Å²) >= 11 is 3.06. The highest BCUT2D eigenvalue weighted by molar-refractivity contribution is 8.01. The number of thiazole rings is 1. The van der Waals surface area contributed by atoms with E-state index in [0.717, 1.165) is 26.8 Å². The Hall–Kier alpha value is -1.33. The molecule has 5 heteroatoms. The lowest BCUT2D eigenvalue weighted by Crippen LogP contribution is -2.15. The average molecular weight is 306 g/mol. The Bertz CT molecular complexity index is 612. The van der Waals surface area contributed by atoms with Crippen LogP contribution >= 0.6 is 23.1 Å². The van der Waals surface area contributed by atoms with Gasteiger partial charge < -0.3 is 5.32 Å². The molecule has 1 aromatic heterocycles. The first-order valence-electron chi connectivity index (χ1n) is 6.38. The molecule has 0 saturated heterocycles. The van der Waals surface area contributed by atoms with Crippen LogP contribution in [0.3, 0.4) is 0 Å². The number of nitrogens with one attached hydrogen (secondary N) is 1. The molecule has 0 aliphatic rings. The van der Waals surface area contributed by atoms with Crippen LogP contribution in [0.5, 0.6) is 0 Å². The van der Waals surface area contributed by atoms with Crippen molar-refractivity contribution in [1.82, 2.24) is 4.98 Å². The van der Waals surface area contributed by atoms with Gasteiger partial charge in [0, 0.05) is 16.8 Å². The van der Waals surface area contributed by atoms with Gasteiger partial charge in [-0.25, -0.2) is 4.98 Å². The van der Waals surface area contributed by atoms with E-state index in [2.05, 4.69) is 29.4 Å². The molecule has 0 unspecified atom stereocenters. The Morgan fingerprint density at radius 1 is 1.25 bits per heavy atom. The van der Waals surface area contributed by atoms with E-state index in [4.69, 9.17) is 0 Å². The van der Waals surface area contributed by atoms with E-state index in [0.29, 0.717) is 5.75 Å². The number of carbonyl (C=O) groups excluding carboxylic acids is 1. The Kier molecular flexibility index (Phi) is 4.83. The number of carbonyl (C=O) groups is 1. The van der Waals surface area contributed by atoms with E-state index in [1.807, 2.05) is 26.2 Å². The third-order valence-electron chi connectivity index (χ3n) is 2.87. The molecule has 0 fully saturated rings. The number of anilines is 1. The van der Waals surface area contributed by atoms with Gasteiger partial charge in [0.1, 0.15) is 0 Å². The summed E-state index contributed by atoms with van der Waals surface area (Å²) in [4.78, 5) is 16.4. The summed E-state index contributed by atoms with van der Waals surface area (Å²) in [7, 11) is 0. The van der Waals surface area contributed by atoms with Crippen LogP contribution in [-0.4, -0.2) is 16.6 Å². The standard InChI is InChI=1S/C15H18N2OS2/c1-9-5-10(2)14(11(3)6-9)17-13(18)8-20-15-16-12(4)7-19-15/h5-7H,8H2,1-4H3,(H,17,18). The summed E-state index contributed by atoms with van der Waals surface area (Å²) < 4.78 is 0.940. The molecule has 2 rings (SSSR count). The van der Waals surface area contributed by atoms with E-state index < -0.39 is 0 Å². The predicted octanol–water partition coefficient (Wildman–Crippen LogP) is 4.11. The zero-order chi connectivity index (χ0) is 14.7. The second-order valence-electron chi connectivity index (χ2n) is 4.87. The van der Waals surface area contributed by atoms with Gasteiger partial charge in [0.05, 0.1) is 5.75 Å². The zero-order valence-electron chi connectivity index (χ0n) is 12.1. The van der Waals surface area contributed by atoms with Crippen LogP contribution in [0.4, 0.5) is 5.69 Å². The summed E-state index contributed by atoms with van der Waals surface area (Å²) in [5, 5.41) is 4.99. The Morgan fingerprint density at radius 2 is 1.90 bits per heavy atom. The van der Waals surface area contributed by atoms with Gasteiger partial charge in [-0.15, -0.1) is 11.3 Å². The van der Waals surface area contributed by atoms with Gasteiger partial charge >= 0.3 is 0 Å². The Labute approximate surface area is 127 Å². The summed E-state index contributed by atoms with van der Waals surface area (Å²) in [6.07, 6.45) is 0. The van der Waals surface area contributed by atoms with Gasteiger partial charge in [0.25, 0.3) is 0 Å². The minimum absolute atomic E-state index is 0.0120. The van der Waals surface area contributed by atoms with Gasteiger partial charge in [0.15, 0.2) is 4.34 Å². The molecule has 0 radical (unpaired) electrons. The maximum Gasteiger partial charge on any atom is 0.234 e. The fraction of sp³-hybridized carbons (Fsp3) is 0.333. The van der Waals surface area contributed by atoms with Crippen molar-refractivity contribution < 1.29 is 4.79 Å². The third-order valence-corrected chi connectivity index (χ3v) is 5.01. The van der Waals surface area contributed by atoms with Crippen molar-refractivity contribution in [2.24, 2.45) is 0 Å². The van der Waals surface area contributed by atoms with Gasteiger partial charge in [-0.3, -0.25) is 4.79 Å². The molecule has 1 N–H and O–H groups in total. The van der Waals surface area contributed by atoms with Gasteiger partial charge in [-0.2, -0.15) is 0 Å². The van der Waals surface area contributed by atoms with Crippen LogP contribution in [0.15, 0.2) is 21.9 Å². The molecule has 106 valence electrons. The predicted molar refractivity (Wildman–Crippen MR) is 86.9 cm³/mol. The summed E-state index contributed by atoms with van der Waals surface area (Å²) in [6, 6.07) is 4.17. The lowest BCUT2D eigenvalue weighted by Gasteiger charge is -2.12. The van der Waals surface area contributed by atoms with Crippen LogP contribution in [-0.2, 0) is 4.79 Å². The number of aromatic nitrogens is 1. The molecule has 0 aliphatic carbocycles. The number of benzene rings is 1. The molecule has 3 nitrogen and oxygen atoms in total. The molecule has 1 amide bonds. The maximum atomic E-state index is 12.0. The van der Waals surface area contributed by atoms with Crippen molar-refractivity contribution in [3.05, 3.63) is 39.9 Å². The van der Waals surface area contributed by atoms with Crippen molar-refractivity contribution in [3.63, 3.8) is 0 Å². The average Bonchev–Trinajstić information content (AvgIpc) is 2.77. The number of nitrogens with zero attached hydrogens (tertiary/aromatic N) is 1. The lowest BCUT2D eigenvalue weighted by molar-refractivity contribution is -0.113. The van der Waals surface area contributed by atoms with E-state index in [9.17, 15) is 4.79 Å². The van der Waals surface area contributed by atoms with Crippen LogP contribution in [0.2, 0.25) is 0 Å². The second-order valence-corrected chi connectivity index (χ2v) is 6.95. The molecular weight excluding hydrogens is 288 g/mol. The first-order valence-corrected chi connectivity index (χ1v) is 8.25. The Balaban J connectivity index is 1.98. The lowest BCUT2D eigenvalue weighted by atomic mass is 10.1. The van der Waals surface area contributed by atoms with Crippen LogP contribution in [0, 0.1) is 27.7 Å². The maximum absolute atomic E-state index is 12.0. The first-order chi connectivity index (χ1) is 9.45. The molecule has 2 aromatic rings. The van der Waals surface area contributed by atoms with Gasteiger partial charge in [-0.1, -0.05) is 29.5 Å². The first kappa shape index (κ1) is 15.1. The van der Waals surface area contributed by atoms with E-state index in [-0.39, 0.29) is 5.91 Å². The van der Waals surface area contributed by atoms with E-state index in [1.54, 1.807) is 11.3 Å². The molecule has 0 spiro atoms. The molecule has 1 aromatic carbocycles. The molecule has 0 saturated carbocycles. The minimum Gasteiger partial charge on any atom is -0.325 e. The smallest absolute Gasteiger partial charge is 0.234 e. The van der Waals surface area contributed by atoms with E-state index >= 15 is 0 Å². The number of aryl methyl sites for hydroxylation is 4. The topological polar surface area (TPSA) is 42.0 Å². The van der Waals surface area contributed by atoms with Crippen molar-refractivity contribution in [2.75, 3.05) is 11.1 Å². The fourth-order valence-electron chi connectivity index (χ4n) is 2.08. The van der Waals surface area contributed by atoms with Crippen LogP contribution < -0.4 is 5.32 Å².